The van der Waals surface area contributed by atoms with Gasteiger partial charge in [-0.05, 0) is 36.2 Å². The van der Waals surface area contributed by atoms with Gasteiger partial charge in [0, 0.05) is 23.1 Å². The van der Waals surface area contributed by atoms with Crippen LogP contribution in [0.4, 0.5) is 14.9 Å². The van der Waals surface area contributed by atoms with E-state index >= 15 is 0 Å². The van der Waals surface area contributed by atoms with Gasteiger partial charge in [0.2, 0.25) is 0 Å². The second-order valence-electron chi connectivity index (χ2n) is 6.04. The van der Waals surface area contributed by atoms with E-state index in [4.69, 9.17) is 0 Å². The van der Waals surface area contributed by atoms with Gasteiger partial charge in [0.25, 0.3) is 0 Å². The first kappa shape index (κ1) is 17.7. The number of urea groups is 1. The van der Waals surface area contributed by atoms with Gasteiger partial charge in [0.05, 0.1) is 13.1 Å². The summed E-state index contributed by atoms with van der Waals surface area (Å²) in [6.45, 7) is 2.84. The van der Waals surface area contributed by atoms with Crippen LogP contribution in [0.15, 0.2) is 66.9 Å². The molecule has 0 unspecified atom stereocenters. The largest absolute Gasteiger partial charge is 0.345 e. The van der Waals surface area contributed by atoms with Crippen LogP contribution in [0.2, 0.25) is 0 Å². The summed E-state index contributed by atoms with van der Waals surface area (Å²) in [6, 6.07) is 18.0. The number of hydrogen-bond donors (Lipinski definition) is 2. The Balaban J connectivity index is 1.61. The van der Waals surface area contributed by atoms with Crippen molar-refractivity contribution in [1.29, 1.82) is 0 Å². The third-order valence-electron chi connectivity index (χ3n) is 4.30. The average molecular weight is 351 g/mol. The van der Waals surface area contributed by atoms with Crippen LogP contribution < -0.4 is 10.6 Å². The molecular weight excluding hydrogens is 329 g/mol. The van der Waals surface area contributed by atoms with E-state index in [9.17, 15) is 9.18 Å². The van der Waals surface area contributed by atoms with Crippen molar-refractivity contribution in [2.75, 3.05) is 5.32 Å². The van der Waals surface area contributed by atoms with E-state index in [0.29, 0.717) is 18.7 Å². The summed E-state index contributed by atoms with van der Waals surface area (Å²) in [5, 5.41) is 5.74. The number of hydrogen-bond acceptors (Lipinski definition) is 1. The average Bonchev–Trinajstić information content (AvgIpc) is 3.09. The Morgan fingerprint density at radius 3 is 2.50 bits per heavy atom. The van der Waals surface area contributed by atoms with Gasteiger partial charge < -0.3 is 15.2 Å². The molecule has 0 saturated carbocycles. The monoisotopic (exact) mass is 351 g/mol. The molecule has 134 valence electrons. The van der Waals surface area contributed by atoms with Crippen LogP contribution in [-0.4, -0.2) is 10.6 Å². The van der Waals surface area contributed by atoms with Crippen molar-refractivity contribution in [1.82, 2.24) is 9.88 Å². The number of carbonyl (C=O) groups is 1. The van der Waals surface area contributed by atoms with Crippen molar-refractivity contribution >= 4 is 11.7 Å². The van der Waals surface area contributed by atoms with Gasteiger partial charge in [-0.25, -0.2) is 9.18 Å². The number of para-hydroxylation sites is 1. The highest BCUT2D eigenvalue weighted by Gasteiger charge is 2.08. The predicted octanol–water partition coefficient (Wildman–Crippen LogP) is 4.56. The Labute approximate surface area is 152 Å². The van der Waals surface area contributed by atoms with Crippen LogP contribution in [0.3, 0.4) is 0 Å². The van der Waals surface area contributed by atoms with Crippen molar-refractivity contribution in [2.24, 2.45) is 0 Å². The zero-order chi connectivity index (χ0) is 18.4. The first-order valence-electron chi connectivity index (χ1n) is 8.67. The lowest BCUT2D eigenvalue weighted by atomic mass is 10.1. The van der Waals surface area contributed by atoms with Gasteiger partial charge in [0.1, 0.15) is 5.82 Å². The molecule has 26 heavy (non-hydrogen) atoms. The number of nitrogens with zero attached hydrogens (tertiary/aromatic N) is 1. The summed E-state index contributed by atoms with van der Waals surface area (Å²) in [5.74, 6) is -0.228. The van der Waals surface area contributed by atoms with Crippen molar-refractivity contribution < 1.29 is 9.18 Å². The third kappa shape index (κ3) is 4.30. The summed E-state index contributed by atoms with van der Waals surface area (Å²) >= 11 is 0. The number of aromatic nitrogens is 1. The molecule has 5 heteroatoms. The molecule has 2 amide bonds. The lowest BCUT2D eigenvalue weighted by molar-refractivity contribution is 0.251. The topological polar surface area (TPSA) is 46.1 Å². The van der Waals surface area contributed by atoms with Crippen LogP contribution in [0.5, 0.6) is 0 Å². The molecule has 0 atom stereocenters. The lowest BCUT2D eigenvalue weighted by Crippen LogP contribution is -2.29. The highest BCUT2D eigenvalue weighted by molar-refractivity contribution is 5.90. The second kappa shape index (κ2) is 8.34. The Morgan fingerprint density at radius 1 is 1.00 bits per heavy atom. The van der Waals surface area contributed by atoms with E-state index in [2.05, 4.69) is 10.6 Å². The summed E-state index contributed by atoms with van der Waals surface area (Å²) in [6.07, 6.45) is 2.73. The van der Waals surface area contributed by atoms with Gasteiger partial charge in [-0.15, -0.1) is 0 Å². The van der Waals surface area contributed by atoms with Crippen LogP contribution in [-0.2, 0) is 19.5 Å². The fraction of sp³-hybridized carbons (Fsp3) is 0.190. The van der Waals surface area contributed by atoms with Crippen molar-refractivity contribution in [3.8, 4) is 0 Å². The van der Waals surface area contributed by atoms with Crippen molar-refractivity contribution in [2.45, 2.75) is 26.4 Å². The maximum atomic E-state index is 13.8. The molecule has 1 heterocycles. The maximum Gasteiger partial charge on any atom is 0.319 e. The maximum absolute atomic E-state index is 13.8. The van der Waals surface area contributed by atoms with Crippen LogP contribution in [0, 0.1) is 5.82 Å². The van der Waals surface area contributed by atoms with E-state index in [1.807, 2.05) is 60.2 Å². The van der Waals surface area contributed by atoms with Crippen LogP contribution in [0.25, 0.3) is 0 Å². The zero-order valence-electron chi connectivity index (χ0n) is 14.7. The van der Waals surface area contributed by atoms with Gasteiger partial charge in [-0.1, -0.05) is 43.3 Å². The first-order chi connectivity index (χ1) is 12.7. The minimum atomic E-state index is -0.260. The minimum Gasteiger partial charge on any atom is -0.345 e. The van der Waals surface area contributed by atoms with Gasteiger partial charge in [0.15, 0.2) is 0 Å². The first-order valence-corrected chi connectivity index (χ1v) is 8.67. The number of benzene rings is 2. The number of amides is 2. The van der Waals surface area contributed by atoms with Crippen LogP contribution >= 0.6 is 0 Å². The quantitative estimate of drug-likeness (QED) is 0.672. The van der Waals surface area contributed by atoms with E-state index in [1.54, 1.807) is 12.1 Å². The van der Waals surface area contributed by atoms with E-state index < -0.39 is 0 Å². The normalized spacial score (nSPS) is 10.5. The molecule has 0 bridgehead atoms. The smallest absolute Gasteiger partial charge is 0.319 e. The highest BCUT2D eigenvalue weighted by atomic mass is 19.1. The molecule has 0 fully saturated rings. The highest BCUT2D eigenvalue weighted by Crippen LogP contribution is 2.15. The summed E-state index contributed by atoms with van der Waals surface area (Å²) in [7, 11) is 0. The number of carbonyl (C=O) groups excluding carboxylic acids is 1. The summed E-state index contributed by atoms with van der Waals surface area (Å²) in [5.41, 5.74) is 3.43. The molecule has 0 spiro atoms. The number of halogens is 1. The van der Waals surface area contributed by atoms with E-state index in [-0.39, 0.29) is 11.8 Å². The van der Waals surface area contributed by atoms with Crippen molar-refractivity contribution in [3.63, 3.8) is 0 Å². The number of rotatable bonds is 6. The van der Waals surface area contributed by atoms with Gasteiger partial charge in [-0.2, -0.15) is 0 Å². The second-order valence-corrected chi connectivity index (χ2v) is 6.04. The Kier molecular flexibility index (Phi) is 5.69. The fourth-order valence-electron chi connectivity index (χ4n) is 2.86. The molecule has 0 radical (unpaired) electrons. The molecule has 4 nitrogen and oxygen atoms in total. The molecule has 2 N–H and O–H groups in total. The van der Waals surface area contributed by atoms with E-state index in [1.165, 1.54) is 6.07 Å². The Hall–Kier alpha value is -3.08. The lowest BCUT2D eigenvalue weighted by Gasteiger charge is -2.13. The molecule has 0 aliphatic carbocycles. The SMILES string of the molecule is CCc1ccccc1NC(=O)NCc1cccn1Cc1ccccc1F. The molecule has 3 rings (SSSR count). The number of nitrogens with one attached hydrogen (secondary N) is 2. The predicted molar refractivity (Wildman–Crippen MR) is 102 cm³/mol. The number of anilines is 1. The molecular formula is C21H22FN3O. The molecule has 0 aliphatic heterocycles. The van der Waals surface area contributed by atoms with E-state index in [0.717, 1.165) is 23.4 Å². The molecule has 0 saturated heterocycles. The zero-order valence-corrected chi connectivity index (χ0v) is 14.7. The summed E-state index contributed by atoms with van der Waals surface area (Å²) in [4.78, 5) is 12.2. The minimum absolute atomic E-state index is 0.228. The standard InChI is InChI=1S/C21H22FN3O/c1-2-16-8-4-6-12-20(16)24-21(26)23-14-18-10-7-13-25(18)15-17-9-3-5-11-19(17)22/h3-13H,2,14-15H2,1H3,(H2,23,24,26). The summed E-state index contributed by atoms with van der Waals surface area (Å²) < 4.78 is 15.8. The molecule has 2 aromatic carbocycles. The van der Waals surface area contributed by atoms with Gasteiger partial charge in [-0.3, -0.25) is 0 Å². The van der Waals surface area contributed by atoms with Gasteiger partial charge >= 0.3 is 6.03 Å². The van der Waals surface area contributed by atoms with Crippen LogP contribution in [0.1, 0.15) is 23.7 Å². The Bertz CT molecular complexity index is 888. The fourth-order valence-corrected chi connectivity index (χ4v) is 2.86. The molecule has 0 aliphatic rings. The Morgan fingerprint density at radius 2 is 1.73 bits per heavy atom. The molecule has 1 aromatic heterocycles. The number of aryl methyl sites for hydroxylation is 1. The molecule has 3 aromatic rings. The van der Waals surface area contributed by atoms with Crippen molar-refractivity contribution in [3.05, 3.63) is 89.5 Å². The third-order valence-corrected chi connectivity index (χ3v) is 4.30.